The maximum atomic E-state index is 12.6. The Morgan fingerprint density at radius 1 is 0.828 bits per heavy atom. The van der Waals surface area contributed by atoms with Crippen molar-refractivity contribution in [1.29, 1.82) is 0 Å². The molecule has 4 atom stereocenters. The van der Waals surface area contributed by atoms with E-state index in [1.807, 2.05) is 0 Å². The molecule has 0 bridgehead atoms. The summed E-state index contributed by atoms with van der Waals surface area (Å²) < 4.78 is 0. The first-order chi connectivity index (χ1) is 13.4. The number of amides is 3. The van der Waals surface area contributed by atoms with Crippen LogP contribution < -0.4 is 21.7 Å². The zero-order chi connectivity index (χ0) is 22.7. The molecule has 0 saturated carbocycles. The van der Waals surface area contributed by atoms with Crippen LogP contribution in [-0.4, -0.2) is 75.5 Å². The number of nitrogens with one attached hydrogen (secondary N) is 3. The van der Waals surface area contributed by atoms with Gasteiger partial charge in [0.15, 0.2) is 0 Å². The second kappa shape index (κ2) is 13.3. The van der Waals surface area contributed by atoms with Gasteiger partial charge in [0.2, 0.25) is 17.7 Å². The molecule has 13 heteroatoms. The van der Waals surface area contributed by atoms with Crippen LogP contribution in [0.2, 0.25) is 0 Å². The number of aliphatic carboxylic acids is 2. The van der Waals surface area contributed by atoms with Crippen molar-refractivity contribution in [1.82, 2.24) is 16.0 Å². The molecule has 0 aromatic rings. The maximum absolute atomic E-state index is 12.6. The zero-order valence-electron chi connectivity index (χ0n) is 16.1. The quantitative estimate of drug-likeness (QED) is 0.151. The summed E-state index contributed by atoms with van der Waals surface area (Å²) in [5.41, 5.74) is 5.51. The highest BCUT2D eigenvalue weighted by molar-refractivity contribution is 7.80. The fraction of sp³-hybridized carbons (Fsp3) is 0.688. The van der Waals surface area contributed by atoms with Gasteiger partial charge in [0.1, 0.15) is 18.1 Å². The summed E-state index contributed by atoms with van der Waals surface area (Å²) >= 11 is 7.84. The third kappa shape index (κ3) is 10.4. The van der Waals surface area contributed by atoms with Gasteiger partial charge in [0, 0.05) is 11.5 Å². The normalized spacial score (nSPS) is 15.0. The topological polar surface area (TPSA) is 188 Å². The Kier molecular flexibility index (Phi) is 12.4. The first-order valence-electron chi connectivity index (χ1n) is 8.75. The molecule has 0 aromatic heterocycles. The third-order valence-electron chi connectivity index (χ3n) is 3.68. The minimum absolute atomic E-state index is 0.0226. The van der Waals surface area contributed by atoms with E-state index in [-0.39, 0.29) is 23.8 Å². The van der Waals surface area contributed by atoms with E-state index < -0.39 is 60.2 Å². The molecule has 3 amide bonds. The largest absolute Gasteiger partial charge is 0.481 e. The Balaban J connectivity index is 5.17. The lowest BCUT2D eigenvalue weighted by Crippen LogP contribution is -2.58. The summed E-state index contributed by atoms with van der Waals surface area (Å²) in [6, 6.07) is -4.82. The van der Waals surface area contributed by atoms with Gasteiger partial charge in [-0.15, -0.1) is 0 Å². The molecule has 0 radical (unpaired) electrons. The molecule has 11 nitrogen and oxygen atoms in total. The molecule has 0 aliphatic rings. The fourth-order valence-corrected chi connectivity index (χ4v) is 2.69. The molecule has 4 unspecified atom stereocenters. The number of carboxylic acids is 2. The first kappa shape index (κ1) is 27.0. The monoisotopic (exact) mass is 452 g/mol. The Hall–Kier alpha value is -1.99. The van der Waals surface area contributed by atoms with Crippen LogP contribution in [0, 0.1) is 5.92 Å². The number of hydrogen-bond acceptors (Lipinski definition) is 8. The number of carbonyl (C=O) groups excluding carboxylic acids is 3. The van der Waals surface area contributed by atoms with E-state index in [2.05, 4.69) is 41.2 Å². The predicted octanol–water partition coefficient (Wildman–Crippen LogP) is -1.77. The number of carboxylic acid groups (broad SMARTS) is 2. The van der Waals surface area contributed by atoms with Gasteiger partial charge < -0.3 is 31.9 Å². The summed E-state index contributed by atoms with van der Waals surface area (Å²) in [6.07, 6.45) is -0.406. The standard InChI is InChI=1S/C16H28N4O7S2/c1-7(2)3-9(18-13(23)8(17)4-12(21)22)14(24)19-10(5-28)15(25)20-11(6-29)16(26)27/h7-11,28-29H,3-6,17H2,1-2H3,(H,18,23)(H,19,24)(H,20,25)(H,21,22)(H,26,27). The number of hydrogen-bond donors (Lipinski definition) is 8. The van der Waals surface area contributed by atoms with Crippen molar-refractivity contribution >= 4 is 54.9 Å². The van der Waals surface area contributed by atoms with Gasteiger partial charge in [-0.2, -0.15) is 25.3 Å². The van der Waals surface area contributed by atoms with E-state index in [1.165, 1.54) is 0 Å². The van der Waals surface area contributed by atoms with Crippen molar-refractivity contribution in [2.45, 2.75) is 50.9 Å². The molecule has 0 rings (SSSR count). The number of rotatable bonds is 13. The lowest BCUT2D eigenvalue weighted by Gasteiger charge is -2.25. The van der Waals surface area contributed by atoms with Gasteiger partial charge in [-0.25, -0.2) is 4.79 Å². The SMILES string of the molecule is CC(C)CC(NC(=O)C(N)CC(=O)O)C(=O)NC(CS)C(=O)NC(CS)C(=O)O. The highest BCUT2D eigenvalue weighted by atomic mass is 32.1. The highest BCUT2D eigenvalue weighted by Gasteiger charge is 2.30. The molecule has 0 spiro atoms. The van der Waals surface area contributed by atoms with Gasteiger partial charge in [-0.05, 0) is 12.3 Å². The van der Waals surface area contributed by atoms with E-state index in [9.17, 15) is 24.0 Å². The summed E-state index contributed by atoms with van der Waals surface area (Å²) in [5.74, 6) is -5.14. The Morgan fingerprint density at radius 3 is 1.69 bits per heavy atom. The van der Waals surface area contributed by atoms with Gasteiger partial charge >= 0.3 is 11.9 Å². The molecule has 0 aliphatic carbocycles. The second-order valence-electron chi connectivity index (χ2n) is 6.72. The van der Waals surface area contributed by atoms with Gasteiger partial charge in [0.25, 0.3) is 0 Å². The van der Waals surface area contributed by atoms with Crippen LogP contribution in [0.15, 0.2) is 0 Å². The van der Waals surface area contributed by atoms with Gasteiger partial charge in [-0.1, -0.05) is 13.8 Å². The Morgan fingerprint density at radius 2 is 1.28 bits per heavy atom. The zero-order valence-corrected chi connectivity index (χ0v) is 17.9. The molecule has 0 aromatic carbocycles. The summed E-state index contributed by atoms with van der Waals surface area (Å²) in [5, 5.41) is 24.7. The molecular formula is C16H28N4O7S2. The van der Waals surface area contributed by atoms with E-state index in [4.69, 9.17) is 15.9 Å². The molecule has 166 valence electrons. The molecule has 0 heterocycles. The van der Waals surface area contributed by atoms with Crippen molar-refractivity contribution in [3.63, 3.8) is 0 Å². The second-order valence-corrected chi connectivity index (χ2v) is 7.45. The van der Waals surface area contributed by atoms with Crippen LogP contribution in [-0.2, 0) is 24.0 Å². The highest BCUT2D eigenvalue weighted by Crippen LogP contribution is 2.07. The van der Waals surface area contributed by atoms with Gasteiger partial charge in [-0.3, -0.25) is 19.2 Å². The van der Waals surface area contributed by atoms with Crippen LogP contribution in [0.5, 0.6) is 0 Å². The number of thiol groups is 2. The van der Waals surface area contributed by atoms with E-state index in [1.54, 1.807) is 13.8 Å². The molecular weight excluding hydrogens is 424 g/mol. The molecule has 0 fully saturated rings. The summed E-state index contributed by atoms with van der Waals surface area (Å²) in [6.45, 7) is 3.60. The summed E-state index contributed by atoms with van der Waals surface area (Å²) in [4.78, 5) is 58.6. The van der Waals surface area contributed by atoms with E-state index >= 15 is 0 Å². The van der Waals surface area contributed by atoms with E-state index in [0.29, 0.717) is 0 Å². The average molecular weight is 453 g/mol. The van der Waals surface area contributed by atoms with Crippen molar-refractivity contribution in [2.24, 2.45) is 11.7 Å². The van der Waals surface area contributed by atoms with Gasteiger partial charge in [0.05, 0.1) is 12.5 Å². The lowest BCUT2D eigenvalue weighted by atomic mass is 10.0. The van der Waals surface area contributed by atoms with Crippen LogP contribution >= 0.6 is 25.3 Å². The number of carbonyl (C=O) groups is 5. The van der Waals surface area contributed by atoms with Crippen molar-refractivity contribution in [2.75, 3.05) is 11.5 Å². The Labute approximate surface area is 179 Å². The average Bonchev–Trinajstić information content (AvgIpc) is 2.61. The molecule has 0 aliphatic heterocycles. The first-order valence-corrected chi connectivity index (χ1v) is 10.0. The molecule has 0 saturated heterocycles. The summed E-state index contributed by atoms with van der Waals surface area (Å²) in [7, 11) is 0. The lowest BCUT2D eigenvalue weighted by molar-refractivity contribution is -0.141. The Bertz CT molecular complexity index is 618. The minimum atomic E-state index is -1.34. The maximum Gasteiger partial charge on any atom is 0.327 e. The van der Waals surface area contributed by atoms with Crippen LogP contribution in [0.25, 0.3) is 0 Å². The van der Waals surface area contributed by atoms with Crippen LogP contribution in [0.1, 0.15) is 26.7 Å². The molecule has 29 heavy (non-hydrogen) atoms. The van der Waals surface area contributed by atoms with Crippen LogP contribution in [0.4, 0.5) is 0 Å². The fourth-order valence-electron chi connectivity index (χ4n) is 2.19. The molecule has 7 N–H and O–H groups in total. The van der Waals surface area contributed by atoms with Crippen molar-refractivity contribution in [3.8, 4) is 0 Å². The number of nitrogens with two attached hydrogens (primary N) is 1. The van der Waals surface area contributed by atoms with Crippen LogP contribution in [0.3, 0.4) is 0 Å². The predicted molar refractivity (Wildman–Crippen MR) is 111 cm³/mol. The third-order valence-corrected chi connectivity index (χ3v) is 4.41. The van der Waals surface area contributed by atoms with E-state index in [0.717, 1.165) is 0 Å². The van der Waals surface area contributed by atoms with Crippen molar-refractivity contribution < 1.29 is 34.2 Å². The minimum Gasteiger partial charge on any atom is -0.481 e. The smallest absolute Gasteiger partial charge is 0.327 e. The van der Waals surface area contributed by atoms with Crippen molar-refractivity contribution in [3.05, 3.63) is 0 Å².